The molecule has 0 saturated carbocycles. The maximum absolute atomic E-state index is 12.3. The summed E-state index contributed by atoms with van der Waals surface area (Å²) in [6.45, 7) is 6.82. The number of ketones is 1. The first-order valence-electron chi connectivity index (χ1n) is 6.89. The minimum atomic E-state index is 0.187. The molecule has 0 aliphatic rings. The normalized spacial score (nSPS) is 11.2. The van der Waals surface area contributed by atoms with Crippen molar-refractivity contribution in [2.75, 3.05) is 6.61 Å². The minimum Gasteiger partial charge on any atom is -0.493 e. The summed E-state index contributed by atoms with van der Waals surface area (Å²) >= 11 is 0. The van der Waals surface area contributed by atoms with Crippen molar-refractivity contribution < 1.29 is 9.53 Å². The highest BCUT2D eigenvalue weighted by molar-refractivity contribution is 6.09. The maximum Gasteiger partial charge on any atom is 0.165 e. The van der Waals surface area contributed by atoms with Gasteiger partial charge in [-0.3, -0.25) is 4.79 Å². The van der Waals surface area contributed by atoms with Crippen molar-refractivity contribution in [3.8, 4) is 5.75 Å². The van der Waals surface area contributed by atoms with Crippen LogP contribution in [0.25, 0.3) is 10.9 Å². The van der Waals surface area contributed by atoms with E-state index >= 15 is 0 Å². The fourth-order valence-electron chi connectivity index (χ4n) is 2.20. The zero-order valence-electron chi connectivity index (χ0n) is 11.8. The van der Waals surface area contributed by atoms with E-state index in [0.717, 1.165) is 28.6 Å². The van der Waals surface area contributed by atoms with E-state index in [1.807, 2.05) is 25.1 Å². The number of rotatable bonds is 6. The molecule has 0 spiro atoms. The molecule has 2 rings (SSSR count). The van der Waals surface area contributed by atoms with Crippen molar-refractivity contribution in [1.82, 2.24) is 4.98 Å². The van der Waals surface area contributed by atoms with Crippen molar-refractivity contribution in [2.45, 2.75) is 33.6 Å². The minimum absolute atomic E-state index is 0.187. The number of fused-ring (bicyclic) bond motifs is 1. The van der Waals surface area contributed by atoms with Crippen LogP contribution in [0.2, 0.25) is 0 Å². The number of aromatic amines is 1. The number of carbonyl (C=O) groups is 1. The number of H-pyrrole nitrogens is 1. The van der Waals surface area contributed by atoms with E-state index in [0.29, 0.717) is 18.9 Å². The first-order valence-corrected chi connectivity index (χ1v) is 6.89. The van der Waals surface area contributed by atoms with Gasteiger partial charge in [0, 0.05) is 23.7 Å². The van der Waals surface area contributed by atoms with Gasteiger partial charge in [-0.05, 0) is 31.4 Å². The number of hydrogen-bond acceptors (Lipinski definition) is 2. The predicted octanol–water partition coefficient (Wildman–Crippen LogP) is 4.19. The average Bonchev–Trinajstić information content (AvgIpc) is 2.81. The Bertz CT molecular complexity index is 569. The quantitative estimate of drug-likeness (QED) is 0.790. The lowest BCUT2D eigenvalue weighted by Crippen LogP contribution is -2.01. The van der Waals surface area contributed by atoms with Crippen LogP contribution < -0.4 is 4.74 Å². The third-order valence-corrected chi connectivity index (χ3v) is 3.22. The van der Waals surface area contributed by atoms with Crippen LogP contribution in [0.1, 0.15) is 44.0 Å². The highest BCUT2D eigenvalue weighted by atomic mass is 16.5. The van der Waals surface area contributed by atoms with Crippen LogP contribution in [-0.2, 0) is 0 Å². The number of benzene rings is 1. The molecule has 0 bridgehead atoms. The van der Waals surface area contributed by atoms with Gasteiger partial charge in [0.25, 0.3) is 0 Å². The van der Waals surface area contributed by atoms with Crippen molar-refractivity contribution in [3.05, 3.63) is 30.0 Å². The number of carbonyl (C=O) groups excluding carboxylic acids is 1. The number of nitrogens with one attached hydrogen (secondary N) is 1. The van der Waals surface area contributed by atoms with Crippen LogP contribution in [0.4, 0.5) is 0 Å². The Morgan fingerprint density at radius 2 is 2.16 bits per heavy atom. The van der Waals surface area contributed by atoms with Crippen molar-refractivity contribution in [2.24, 2.45) is 5.92 Å². The van der Waals surface area contributed by atoms with Gasteiger partial charge in [0.15, 0.2) is 5.78 Å². The zero-order valence-corrected chi connectivity index (χ0v) is 11.8. The topological polar surface area (TPSA) is 42.1 Å². The molecule has 0 saturated heterocycles. The summed E-state index contributed by atoms with van der Waals surface area (Å²) in [4.78, 5) is 15.5. The number of ether oxygens (including phenoxy) is 1. The van der Waals surface area contributed by atoms with Gasteiger partial charge in [0.05, 0.1) is 12.0 Å². The van der Waals surface area contributed by atoms with E-state index in [2.05, 4.69) is 18.8 Å². The molecule has 0 amide bonds. The van der Waals surface area contributed by atoms with Crippen molar-refractivity contribution >= 4 is 16.7 Å². The molecule has 1 aromatic carbocycles. The van der Waals surface area contributed by atoms with E-state index in [4.69, 9.17) is 4.74 Å². The third-order valence-electron chi connectivity index (χ3n) is 3.22. The Morgan fingerprint density at radius 3 is 2.84 bits per heavy atom. The Kier molecular flexibility index (Phi) is 4.25. The standard InChI is InChI=1S/C16H21NO2/c1-4-19-15-7-5-6-13-16(15)12(10-17-13)14(18)9-8-11(2)3/h5-7,10-11,17H,4,8-9H2,1-3H3. The molecule has 1 aromatic heterocycles. The summed E-state index contributed by atoms with van der Waals surface area (Å²) in [5, 5.41) is 0.915. The maximum atomic E-state index is 12.3. The van der Waals surface area contributed by atoms with E-state index in [-0.39, 0.29) is 5.78 Å². The second-order valence-corrected chi connectivity index (χ2v) is 5.17. The average molecular weight is 259 g/mol. The lowest BCUT2D eigenvalue weighted by Gasteiger charge is -2.07. The van der Waals surface area contributed by atoms with Gasteiger partial charge in [-0.2, -0.15) is 0 Å². The molecule has 0 aliphatic carbocycles. The Morgan fingerprint density at radius 1 is 1.37 bits per heavy atom. The fraction of sp³-hybridized carbons (Fsp3) is 0.438. The molecule has 0 unspecified atom stereocenters. The summed E-state index contributed by atoms with van der Waals surface area (Å²) in [6, 6.07) is 5.82. The second-order valence-electron chi connectivity index (χ2n) is 5.17. The molecule has 0 atom stereocenters. The highest BCUT2D eigenvalue weighted by Gasteiger charge is 2.15. The van der Waals surface area contributed by atoms with Gasteiger partial charge < -0.3 is 9.72 Å². The Labute approximate surface area is 114 Å². The molecule has 3 nitrogen and oxygen atoms in total. The highest BCUT2D eigenvalue weighted by Crippen LogP contribution is 2.30. The smallest absolute Gasteiger partial charge is 0.165 e. The van der Waals surface area contributed by atoms with Gasteiger partial charge in [0.2, 0.25) is 0 Å². The fourth-order valence-corrected chi connectivity index (χ4v) is 2.20. The van der Waals surface area contributed by atoms with Gasteiger partial charge >= 0.3 is 0 Å². The molecule has 0 radical (unpaired) electrons. The number of Topliss-reactive ketones (excluding diaryl/α,β-unsaturated/α-hetero) is 1. The lowest BCUT2D eigenvalue weighted by atomic mass is 10.0. The van der Waals surface area contributed by atoms with Gasteiger partial charge in [-0.1, -0.05) is 19.9 Å². The van der Waals surface area contributed by atoms with Crippen LogP contribution in [0, 0.1) is 5.92 Å². The molecule has 0 aliphatic heterocycles. The number of aromatic nitrogens is 1. The van der Waals surface area contributed by atoms with Crippen LogP contribution >= 0.6 is 0 Å². The molecule has 2 aromatic rings. The molecule has 3 heteroatoms. The first kappa shape index (κ1) is 13.7. The van der Waals surface area contributed by atoms with Crippen molar-refractivity contribution in [3.63, 3.8) is 0 Å². The van der Waals surface area contributed by atoms with E-state index in [9.17, 15) is 4.79 Å². The summed E-state index contributed by atoms with van der Waals surface area (Å²) in [5.74, 6) is 1.52. The second kappa shape index (κ2) is 5.91. The van der Waals surface area contributed by atoms with E-state index < -0.39 is 0 Å². The molecule has 1 N–H and O–H groups in total. The van der Waals surface area contributed by atoms with E-state index in [1.165, 1.54) is 0 Å². The molecule has 0 fully saturated rings. The summed E-state index contributed by atoms with van der Waals surface area (Å²) in [6.07, 6.45) is 3.31. The van der Waals surface area contributed by atoms with Crippen LogP contribution in [-0.4, -0.2) is 17.4 Å². The van der Waals surface area contributed by atoms with Crippen LogP contribution in [0.3, 0.4) is 0 Å². The van der Waals surface area contributed by atoms with Gasteiger partial charge in [0.1, 0.15) is 5.75 Å². The molecule has 1 heterocycles. The zero-order chi connectivity index (χ0) is 13.8. The monoisotopic (exact) mass is 259 g/mol. The lowest BCUT2D eigenvalue weighted by molar-refractivity contribution is 0.0977. The molecule has 102 valence electrons. The van der Waals surface area contributed by atoms with Crippen LogP contribution in [0.15, 0.2) is 24.4 Å². The van der Waals surface area contributed by atoms with Crippen molar-refractivity contribution in [1.29, 1.82) is 0 Å². The van der Waals surface area contributed by atoms with Gasteiger partial charge in [-0.15, -0.1) is 0 Å². The van der Waals surface area contributed by atoms with Gasteiger partial charge in [-0.25, -0.2) is 0 Å². The van der Waals surface area contributed by atoms with Crippen LogP contribution in [0.5, 0.6) is 5.75 Å². The third kappa shape index (κ3) is 2.98. The Balaban J connectivity index is 2.35. The molecule has 19 heavy (non-hydrogen) atoms. The number of hydrogen-bond donors (Lipinski definition) is 1. The van der Waals surface area contributed by atoms with E-state index in [1.54, 1.807) is 6.20 Å². The summed E-state index contributed by atoms with van der Waals surface area (Å²) in [7, 11) is 0. The predicted molar refractivity (Wildman–Crippen MR) is 77.9 cm³/mol. The summed E-state index contributed by atoms with van der Waals surface area (Å²) < 4.78 is 5.62. The molecular formula is C16H21NO2. The first-order chi connectivity index (χ1) is 9.13. The summed E-state index contributed by atoms with van der Waals surface area (Å²) in [5.41, 5.74) is 1.71. The largest absolute Gasteiger partial charge is 0.493 e. The molecular weight excluding hydrogens is 238 g/mol. The SMILES string of the molecule is CCOc1cccc2[nH]cc(C(=O)CCC(C)C)c12. The Hall–Kier alpha value is -1.77.